The summed E-state index contributed by atoms with van der Waals surface area (Å²) in [5.41, 5.74) is 0.352. The molecule has 0 radical (unpaired) electrons. The minimum atomic E-state index is -0.935. The van der Waals surface area contributed by atoms with Crippen molar-refractivity contribution < 1.29 is 39.7 Å². The topological polar surface area (TPSA) is 137 Å². The predicted octanol–water partition coefficient (Wildman–Crippen LogP) is 0.840. The van der Waals surface area contributed by atoms with Gasteiger partial charge in [0.25, 0.3) is 0 Å². The van der Waals surface area contributed by atoms with Crippen LogP contribution in [0.4, 0.5) is 0 Å². The van der Waals surface area contributed by atoms with Gasteiger partial charge in [0.2, 0.25) is 0 Å². The average molecular weight is 351 g/mol. The Hall–Kier alpha value is -1.78. The van der Waals surface area contributed by atoms with Gasteiger partial charge in [-0.15, -0.1) is 0 Å². The van der Waals surface area contributed by atoms with Crippen LogP contribution in [0.15, 0.2) is 24.3 Å². The SMILES string of the molecule is C=C(C)C(=O)O.C=C(C)C(=O)O.CCCN(OCCO)OCCO. The largest absolute Gasteiger partial charge is 0.478 e. The maximum absolute atomic E-state index is 9.60. The van der Waals surface area contributed by atoms with E-state index in [1.807, 2.05) is 6.92 Å². The van der Waals surface area contributed by atoms with Gasteiger partial charge >= 0.3 is 11.9 Å². The van der Waals surface area contributed by atoms with Crippen LogP contribution in [0.1, 0.15) is 27.2 Å². The molecule has 4 N–H and O–H groups in total. The van der Waals surface area contributed by atoms with Crippen molar-refractivity contribution in [3.8, 4) is 0 Å². The third kappa shape index (κ3) is 25.2. The number of nitrogens with zero attached hydrogens (tertiary/aromatic N) is 1. The van der Waals surface area contributed by atoms with Gasteiger partial charge in [-0.2, -0.15) is 0 Å². The van der Waals surface area contributed by atoms with Gasteiger partial charge in [0, 0.05) is 11.1 Å². The number of aliphatic carboxylic acids is 2. The normalized spacial score (nSPS) is 9.25. The molecule has 0 rings (SSSR count). The van der Waals surface area contributed by atoms with E-state index in [9.17, 15) is 9.59 Å². The predicted molar refractivity (Wildman–Crippen MR) is 88.0 cm³/mol. The highest BCUT2D eigenvalue weighted by molar-refractivity contribution is 5.85. The lowest BCUT2D eigenvalue weighted by atomic mass is 10.4. The average Bonchev–Trinajstić information content (AvgIpc) is 2.51. The lowest BCUT2D eigenvalue weighted by Gasteiger charge is -2.19. The summed E-state index contributed by atoms with van der Waals surface area (Å²) < 4.78 is 0. The molecule has 0 fully saturated rings. The van der Waals surface area contributed by atoms with Gasteiger partial charge in [0.05, 0.1) is 33.0 Å². The zero-order valence-corrected chi connectivity index (χ0v) is 14.5. The van der Waals surface area contributed by atoms with Gasteiger partial charge in [0.15, 0.2) is 0 Å². The highest BCUT2D eigenvalue weighted by Crippen LogP contribution is 1.94. The Labute approximate surface area is 142 Å². The first-order valence-electron chi connectivity index (χ1n) is 7.16. The first kappa shape index (κ1) is 27.1. The number of carboxylic acid groups (broad SMARTS) is 2. The Bertz CT molecular complexity index is 314. The monoisotopic (exact) mass is 351 g/mol. The molecule has 0 saturated heterocycles. The van der Waals surface area contributed by atoms with Crippen LogP contribution >= 0.6 is 0 Å². The van der Waals surface area contributed by atoms with E-state index in [0.717, 1.165) is 6.42 Å². The molecule has 9 nitrogen and oxygen atoms in total. The summed E-state index contributed by atoms with van der Waals surface area (Å²) in [5.74, 6) is -1.87. The van der Waals surface area contributed by atoms with Gasteiger partial charge in [-0.3, -0.25) is 9.68 Å². The van der Waals surface area contributed by atoms with Crippen LogP contribution in [0, 0.1) is 0 Å². The Kier molecular flexibility index (Phi) is 21.7. The first-order valence-corrected chi connectivity index (χ1v) is 7.16. The smallest absolute Gasteiger partial charge is 0.330 e. The summed E-state index contributed by atoms with van der Waals surface area (Å²) in [7, 11) is 0. The van der Waals surface area contributed by atoms with Gasteiger partial charge < -0.3 is 20.4 Å². The van der Waals surface area contributed by atoms with E-state index in [0.29, 0.717) is 6.54 Å². The molecular weight excluding hydrogens is 322 g/mol. The molecule has 0 aromatic rings. The van der Waals surface area contributed by atoms with Gasteiger partial charge in [-0.05, 0) is 20.3 Å². The van der Waals surface area contributed by atoms with Crippen LogP contribution in [-0.4, -0.2) is 70.6 Å². The van der Waals surface area contributed by atoms with Crippen molar-refractivity contribution in [2.45, 2.75) is 27.2 Å². The lowest BCUT2D eigenvalue weighted by Crippen LogP contribution is -2.28. The van der Waals surface area contributed by atoms with E-state index in [1.54, 1.807) is 0 Å². The van der Waals surface area contributed by atoms with Crippen molar-refractivity contribution in [2.75, 3.05) is 33.0 Å². The molecule has 0 aromatic carbocycles. The second-order valence-electron chi connectivity index (χ2n) is 4.34. The highest BCUT2D eigenvalue weighted by atomic mass is 16.9. The molecule has 0 aliphatic heterocycles. The molecule has 0 atom stereocenters. The van der Waals surface area contributed by atoms with Gasteiger partial charge in [0.1, 0.15) is 0 Å². The van der Waals surface area contributed by atoms with Gasteiger partial charge in [-0.25, -0.2) is 9.59 Å². The third-order valence-corrected chi connectivity index (χ3v) is 1.79. The highest BCUT2D eigenvalue weighted by Gasteiger charge is 2.02. The minimum absolute atomic E-state index is 0.0390. The number of aliphatic hydroxyl groups excluding tert-OH is 2. The second kappa shape index (κ2) is 19.3. The molecule has 0 saturated carbocycles. The molecule has 0 unspecified atom stereocenters. The quantitative estimate of drug-likeness (QED) is 0.333. The van der Waals surface area contributed by atoms with E-state index >= 15 is 0 Å². The Morgan fingerprint density at radius 2 is 1.21 bits per heavy atom. The van der Waals surface area contributed by atoms with Crippen molar-refractivity contribution in [1.82, 2.24) is 5.23 Å². The van der Waals surface area contributed by atoms with Crippen LogP contribution in [0.3, 0.4) is 0 Å². The molecule has 0 aliphatic carbocycles. The number of carbonyl (C=O) groups is 2. The number of carboxylic acids is 2. The molecule has 0 bridgehead atoms. The summed E-state index contributed by atoms with van der Waals surface area (Å²) >= 11 is 0. The number of aliphatic hydroxyl groups is 2. The summed E-state index contributed by atoms with van der Waals surface area (Å²) in [6, 6.07) is 0. The van der Waals surface area contributed by atoms with Crippen molar-refractivity contribution >= 4 is 11.9 Å². The molecule has 142 valence electrons. The van der Waals surface area contributed by atoms with Crippen LogP contribution in [0.2, 0.25) is 0 Å². The number of hydrogen-bond donors (Lipinski definition) is 4. The fourth-order valence-electron chi connectivity index (χ4n) is 0.634. The summed E-state index contributed by atoms with van der Waals surface area (Å²) in [6.07, 6.45) is 0.886. The zero-order chi connectivity index (χ0) is 19.5. The van der Waals surface area contributed by atoms with Crippen molar-refractivity contribution in [1.29, 1.82) is 0 Å². The Balaban J connectivity index is -0.000000309. The van der Waals surface area contributed by atoms with Crippen LogP contribution in [0.5, 0.6) is 0 Å². The van der Waals surface area contributed by atoms with E-state index < -0.39 is 11.9 Å². The maximum Gasteiger partial charge on any atom is 0.330 e. The molecular formula is C15H29NO8. The fraction of sp³-hybridized carbons (Fsp3) is 0.600. The molecule has 9 heteroatoms. The van der Waals surface area contributed by atoms with E-state index in [1.165, 1.54) is 19.1 Å². The van der Waals surface area contributed by atoms with Crippen LogP contribution < -0.4 is 0 Å². The Morgan fingerprint density at radius 3 is 1.38 bits per heavy atom. The standard InChI is InChI=1S/C7H17NO4.2C4H6O2/c1-2-3-8(11-6-4-9)12-7-5-10;2*1-3(2)4(5)6/h9-10H,2-7H2,1H3;2*1H2,2H3,(H,5,6). The molecule has 0 aliphatic rings. The number of hydrogen-bond acceptors (Lipinski definition) is 7. The minimum Gasteiger partial charge on any atom is -0.478 e. The third-order valence-electron chi connectivity index (χ3n) is 1.79. The van der Waals surface area contributed by atoms with E-state index in [4.69, 9.17) is 30.1 Å². The van der Waals surface area contributed by atoms with E-state index in [2.05, 4.69) is 13.2 Å². The zero-order valence-electron chi connectivity index (χ0n) is 14.5. The first-order chi connectivity index (χ1) is 11.1. The summed E-state index contributed by atoms with van der Waals surface area (Å²) in [6.45, 7) is 12.2. The van der Waals surface area contributed by atoms with Crippen molar-refractivity contribution in [2.24, 2.45) is 0 Å². The number of hydroxylamine groups is 2. The Morgan fingerprint density at radius 1 is 0.917 bits per heavy atom. The van der Waals surface area contributed by atoms with Crippen LogP contribution in [0.25, 0.3) is 0 Å². The summed E-state index contributed by atoms with van der Waals surface area (Å²) in [4.78, 5) is 29.2. The van der Waals surface area contributed by atoms with Crippen LogP contribution in [-0.2, 0) is 19.3 Å². The molecule has 0 aromatic heterocycles. The fourth-order valence-corrected chi connectivity index (χ4v) is 0.634. The molecule has 0 amide bonds. The maximum atomic E-state index is 9.60. The van der Waals surface area contributed by atoms with E-state index in [-0.39, 0.29) is 37.6 Å². The summed E-state index contributed by atoms with van der Waals surface area (Å²) in [5, 5.41) is 34.0. The number of rotatable bonds is 10. The molecule has 24 heavy (non-hydrogen) atoms. The second-order valence-corrected chi connectivity index (χ2v) is 4.34. The lowest BCUT2D eigenvalue weighted by molar-refractivity contribution is -0.371. The molecule has 0 heterocycles. The molecule has 0 spiro atoms. The van der Waals surface area contributed by atoms with Crippen molar-refractivity contribution in [3.05, 3.63) is 24.3 Å². The van der Waals surface area contributed by atoms with Gasteiger partial charge in [-0.1, -0.05) is 25.3 Å². The van der Waals surface area contributed by atoms with Crippen molar-refractivity contribution in [3.63, 3.8) is 0 Å².